The van der Waals surface area contributed by atoms with Crippen LogP contribution in [0.15, 0.2) is 79.0 Å². The topological polar surface area (TPSA) is 47.0 Å². The molecule has 0 aliphatic heterocycles. The van der Waals surface area contributed by atoms with Gasteiger partial charge in [-0.3, -0.25) is 14.6 Å². The number of benzene rings is 2. The van der Waals surface area contributed by atoms with Crippen molar-refractivity contribution in [2.24, 2.45) is 0 Å². The van der Waals surface area contributed by atoms with Gasteiger partial charge in [-0.1, -0.05) is 67.6 Å². The molecule has 0 fully saturated rings. The molecule has 0 amide bonds. The normalized spacial score (nSPS) is 11.7. The maximum Gasteiger partial charge on any atom is 0.188 e. The molecule has 3 heteroatoms. The van der Waals surface area contributed by atoms with Crippen molar-refractivity contribution in [3.63, 3.8) is 0 Å². The smallest absolute Gasteiger partial charge is 0.188 e. The molecule has 0 radical (unpaired) electrons. The third-order valence-corrected chi connectivity index (χ3v) is 4.51. The van der Waals surface area contributed by atoms with E-state index in [4.69, 9.17) is 0 Å². The van der Waals surface area contributed by atoms with Crippen LogP contribution in [-0.4, -0.2) is 16.6 Å². The van der Waals surface area contributed by atoms with E-state index >= 15 is 0 Å². The summed E-state index contributed by atoms with van der Waals surface area (Å²) in [6, 6.07) is 22.9. The standard InChI is InChI=1S/C23H21NO2/c1-17(19-10-6-3-7-11-19)23(26)21-14-13-20(16-24-21)22(25)15-12-18-8-4-2-5-9-18/h2-11,13-14,16-17H,12,15H2,1H3. The Labute approximate surface area is 153 Å². The maximum atomic E-state index is 12.6. The molecule has 1 aromatic heterocycles. The summed E-state index contributed by atoms with van der Waals surface area (Å²) in [5.41, 5.74) is 3.03. The van der Waals surface area contributed by atoms with Crippen LogP contribution < -0.4 is 0 Å². The molecular weight excluding hydrogens is 322 g/mol. The monoisotopic (exact) mass is 343 g/mol. The zero-order chi connectivity index (χ0) is 18.4. The fourth-order valence-electron chi connectivity index (χ4n) is 2.87. The SMILES string of the molecule is CC(C(=O)c1ccc(C(=O)CCc2ccccc2)cn1)c1ccccc1. The van der Waals surface area contributed by atoms with Crippen LogP contribution in [-0.2, 0) is 6.42 Å². The fraction of sp³-hybridized carbons (Fsp3) is 0.174. The van der Waals surface area contributed by atoms with E-state index in [9.17, 15) is 9.59 Å². The van der Waals surface area contributed by atoms with E-state index in [2.05, 4.69) is 4.98 Å². The average Bonchev–Trinajstić information content (AvgIpc) is 2.72. The second kappa shape index (κ2) is 8.34. The van der Waals surface area contributed by atoms with Crippen molar-refractivity contribution >= 4 is 11.6 Å². The molecule has 3 nitrogen and oxygen atoms in total. The highest BCUT2D eigenvalue weighted by Gasteiger charge is 2.18. The number of hydrogen-bond acceptors (Lipinski definition) is 3. The number of aryl methyl sites for hydroxylation is 1. The number of Topliss-reactive ketones (excluding diaryl/α,β-unsaturated/α-hetero) is 2. The fourth-order valence-corrected chi connectivity index (χ4v) is 2.87. The predicted molar refractivity (Wildman–Crippen MR) is 103 cm³/mol. The van der Waals surface area contributed by atoms with Crippen LogP contribution in [0.4, 0.5) is 0 Å². The van der Waals surface area contributed by atoms with E-state index in [1.807, 2.05) is 67.6 Å². The third kappa shape index (κ3) is 4.31. The summed E-state index contributed by atoms with van der Waals surface area (Å²) in [4.78, 5) is 29.2. The molecule has 0 saturated heterocycles. The van der Waals surface area contributed by atoms with Gasteiger partial charge in [0.15, 0.2) is 11.6 Å². The summed E-state index contributed by atoms with van der Waals surface area (Å²) in [6.45, 7) is 1.87. The summed E-state index contributed by atoms with van der Waals surface area (Å²) in [5, 5.41) is 0. The van der Waals surface area contributed by atoms with Crippen LogP contribution >= 0.6 is 0 Å². The minimum absolute atomic E-state index is 0.0384. The van der Waals surface area contributed by atoms with Gasteiger partial charge in [-0.25, -0.2) is 0 Å². The van der Waals surface area contributed by atoms with E-state index in [0.29, 0.717) is 24.1 Å². The molecule has 0 saturated carbocycles. The number of rotatable bonds is 7. The second-order valence-corrected chi connectivity index (χ2v) is 6.34. The molecule has 0 spiro atoms. The van der Waals surface area contributed by atoms with Crippen molar-refractivity contribution < 1.29 is 9.59 Å². The number of hydrogen-bond donors (Lipinski definition) is 0. The van der Waals surface area contributed by atoms with E-state index in [1.165, 1.54) is 6.20 Å². The molecule has 3 rings (SSSR count). The molecular formula is C23H21NO2. The Kier molecular flexibility index (Phi) is 5.69. The molecule has 1 atom stereocenters. The lowest BCUT2D eigenvalue weighted by molar-refractivity contribution is 0.0955. The first-order chi connectivity index (χ1) is 12.6. The highest BCUT2D eigenvalue weighted by molar-refractivity contribution is 6.00. The Morgan fingerprint density at radius 1 is 0.885 bits per heavy atom. The van der Waals surface area contributed by atoms with Gasteiger partial charge in [0.25, 0.3) is 0 Å². The van der Waals surface area contributed by atoms with Gasteiger partial charge < -0.3 is 0 Å². The highest BCUT2D eigenvalue weighted by Crippen LogP contribution is 2.19. The molecule has 0 bridgehead atoms. The number of nitrogens with zero attached hydrogens (tertiary/aromatic N) is 1. The zero-order valence-electron chi connectivity index (χ0n) is 14.8. The molecule has 0 aliphatic carbocycles. The lowest BCUT2D eigenvalue weighted by Gasteiger charge is -2.10. The average molecular weight is 343 g/mol. The number of pyridine rings is 1. The van der Waals surface area contributed by atoms with Gasteiger partial charge in [-0.2, -0.15) is 0 Å². The first-order valence-corrected chi connectivity index (χ1v) is 8.77. The van der Waals surface area contributed by atoms with Crippen LogP contribution in [0.2, 0.25) is 0 Å². The van der Waals surface area contributed by atoms with Crippen LogP contribution in [0.1, 0.15) is 51.2 Å². The van der Waals surface area contributed by atoms with Gasteiger partial charge in [0.1, 0.15) is 5.69 Å². The Balaban J connectivity index is 1.64. The van der Waals surface area contributed by atoms with Crippen LogP contribution in [0.25, 0.3) is 0 Å². The molecule has 26 heavy (non-hydrogen) atoms. The van der Waals surface area contributed by atoms with Crippen molar-refractivity contribution in [2.75, 3.05) is 0 Å². The van der Waals surface area contributed by atoms with Gasteiger partial charge in [0, 0.05) is 24.1 Å². The first-order valence-electron chi connectivity index (χ1n) is 8.77. The van der Waals surface area contributed by atoms with Gasteiger partial charge >= 0.3 is 0 Å². The molecule has 1 unspecified atom stereocenters. The summed E-state index contributed by atoms with van der Waals surface area (Å²) < 4.78 is 0. The van der Waals surface area contributed by atoms with Crippen LogP contribution in [0.3, 0.4) is 0 Å². The lowest BCUT2D eigenvalue weighted by Crippen LogP contribution is -2.12. The zero-order valence-corrected chi connectivity index (χ0v) is 14.8. The van der Waals surface area contributed by atoms with Crippen molar-refractivity contribution in [1.82, 2.24) is 4.98 Å². The van der Waals surface area contributed by atoms with Gasteiger partial charge in [0.05, 0.1) is 0 Å². The molecule has 0 aliphatic rings. The minimum atomic E-state index is -0.261. The Hall–Kier alpha value is -3.07. The number of carbonyl (C=O) groups is 2. The van der Waals surface area contributed by atoms with Gasteiger partial charge in [0.2, 0.25) is 0 Å². The predicted octanol–water partition coefficient (Wildman–Crippen LogP) is 4.88. The van der Waals surface area contributed by atoms with Crippen molar-refractivity contribution in [3.8, 4) is 0 Å². The molecule has 0 N–H and O–H groups in total. The number of aromatic nitrogens is 1. The van der Waals surface area contributed by atoms with E-state index in [1.54, 1.807) is 12.1 Å². The minimum Gasteiger partial charge on any atom is -0.294 e. The summed E-state index contributed by atoms with van der Waals surface area (Å²) in [5.74, 6) is -0.265. The Morgan fingerprint density at radius 2 is 1.54 bits per heavy atom. The second-order valence-electron chi connectivity index (χ2n) is 6.34. The van der Waals surface area contributed by atoms with Crippen molar-refractivity contribution in [3.05, 3.63) is 101 Å². The molecule has 1 heterocycles. The highest BCUT2D eigenvalue weighted by atomic mass is 16.1. The van der Waals surface area contributed by atoms with E-state index < -0.39 is 0 Å². The maximum absolute atomic E-state index is 12.6. The van der Waals surface area contributed by atoms with Crippen molar-refractivity contribution in [1.29, 1.82) is 0 Å². The largest absolute Gasteiger partial charge is 0.294 e. The number of carbonyl (C=O) groups excluding carboxylic acids is 2. The summed E-state index contributed by atoms with van der Waals surface area (Å²) in [6.07, 6.45) is 2.64. The summed E-state index contributed by atoms with van der Waals surface area (Å²) in [7, 11) is 0. The van der Waals surface area contributed by atoms with Gasteiger partial charge in [-0.05, 0) is 29.7 Å². The molecule has 3 aromatic rings. The van der Waals surface area contributed by atoms with E-state index in [0.717, 1.165) is 11.1 Å². The van der Waals surface area contributed by atoms with Gasteiger partial charge in [-0.15, -0.1) is 0 Å². The molecule has 2 aromatic carbocycles. The van der Waals surface area contributed by atoms with Crippen LogP contribution in [0, 0.1) is 0 Å². The van der Waals surface area contributed by atoms with E-state index in [-0.39, 0.29) is 17.5 Å². The van der Waals surface area contributed by atoms with Crippen LogP contribution in [0.5, 0.6) is 0 Å². The quantitative estimate of drug-likeness (QED) is 0.574. The third-order valence-electron chi connectivity index (χ3n) is 4.51. The Bertz CT molecular complexity index is 871. The summed E-state index contributed by atoms with van der Waals surface area (Å²) >= 11 is 0. The van der Waals surface area contributed by atoms with Crippen molar-refractivity contribution in [2.45, 2.75) is 25.7 Å². The first kappa shape index (κ1) is 17.7. The number of ketones is 2. The lowest BCUT2D eigenvalue weighted by atomic mass is 9.94. The Morgan fingerprint density at radius 3 is 2.15 bits per heavy atom. The molecule has 130 valence electrons.